The van der Waals surface area contributed by atoms with E-state index in [2.05, 4.69) is 6.92 Å². The van der Waals surface area contributed by atoms with Gasteiger partial charge >= 0.3 is 0 Å². The van der Waals surface area contributed by atoms with Crippen molar-refractivity contribution in [3.05, 3.63) is 23.8 Å². The Morgan fingerprint density at radius 2 is 1.95 bits per heavy atom. The molecule has 118 valence electrons. The first-order valence-electron chi connectivity index (χ1n) is 7.35. The quantitative estimate of drug-likeness (QED) is 0.610. The third kappa shape index (κ3) is 4.36. The normalized spacial score (nSPS) is 13.7. The SMILES string of the molecule is CCCCCCCC(O)(C(N)=O)c1ccc(O)c(OC)c1. The van der Waals surface area contributed by atoms with Crippen LogP contribution in [0.3, 0.4) is 0 Å². The molecule has 5 heteroatoms. The van der Waals surface area contributed by atoms with Crippen molar-refractivity contribution in [2.24, 2.45) is 5.73 Å². The molecule has 0 saturated carbocycles. The number of amides is 1. The van der Waals surface area contributed by atoms with E-state index in [0.717, 1.165) is 25.7 Å². The highest BCUT2D eigenvalue weighted by Crippen LogP contribution is 2.34. The van der Waals surface area contributed by atoms with Crippen molar-refractivity contribution in [3.8, 4) is 11.5 Å². The van der Waals surface area contributed by atoms with Gasteiger partial charge in [-0.05, 0) is 30.5 Å². The zero-order chi connectivity index (χ0) is 15.9. The average Bonchev–Trinajstić information content (AvgIpc) is 2.47. The molecule has 1 rings (SSSR count). The number of benzene rings is 1. The van der Waals surface area contributed by atoms with Gasteiger partial charge in [0.2, 0.25) is 0 Å². The summed E-state index contributed by atoms with van der Waals surface area (Å²) in [5.41, 5.74) is 4.00. The Balaban J connectivity index is 2.86. The van der Waals surface area contributed by atoms with E-state index < -0.39 is 11.5 Å². The minimum atomic E-state index is -1.73. The van der Waals surface area contributed by atoms with Crippen LogP contribution in [-0.4, -0.2) is 23.2 Å². The van der Waals surface area contributed by atoms with Gasteiger partial charge in [-0.15, -0.1) is 0 Å². The van der Waals surface area contributed by atoms with Crippen LogP contribution in [0.4, 0.5) is 0 Å². The van der Waals surface area contributed by atoms with Gasteiger partial charge in [0, 0.05) is 0 Å². The van der Waals surface area contributed by atoms with E-state index in [1.807, 2.05) is 0 Å². The molecule has 0 radical (unpaired) electrons. The van der Waals surface area contributed by atoms with Gasteiger partial charge < -0.3 is 20.7 Å². The molecule has 1 atom stereocenters. The molecule has 1 unspecified atom stereocenters. The minimum Gasteiger partial charge on any atom is -0.504 e. The first-order chi connectivity index (χ1) is 9.95. The van der Waals surface area contributed by atoms with E-state index in [1.165, 1.54) is 25.3 Å². The van der Waals surface area contributed by atoms with Crippen LogP contribution < -0.4 is 10.5 Å². The largest absolute Gasteiger partial charge is 0.504 e. The van der Waals surface area contributed by atoms with Gasteiger partial charge in [0.1, 0.15) is 0 Å². The summed E-state index contributed by atoms with van der Waals surface area (Å²) in [6.45, 7) is 2.13. The van der Waals surface area contributed by atoms with Crippen LogP contribution in [0.15, 0.2) is 18.2 Å². The van der Waals surface area contributed by atoms with Crippen molar-refractivity contribution in [1.82, 2.24) is 0 Å². The summed E-state index contributed by atoms with van der Waals surface area (Å²) in [4.78, 5) is 11.7. The molecule has 4 N–H and O–H groups in total. The Kier molecular flexibility index (Phi) is 6.49. The molecule has 21 heavy (non-hydrogen) atoms. The summed E-state index contributed by atoms with van der Waals surface area (Å²) in [6, 6.07) is 4.33. The van der Waals surface area contributed by atoms with Crippen LogP contribution in [0.2, 0.25) is 0 Å². The topological polar surface area (TPSA) is 92.8 Å². The molecule has 0 aromatic heterocycles. The van der Waals surface area contributed by atoms with Crippen molar-refractivity contribution in [2.75, 3.05) is 7.11 Å². The molecule has 0 heterocycles. The molecule has 0 bridgehead atoms. The number of phenolic OH excluding ortho intramolecular Hbond substituents is 1. The first-order valence-corrected chi connectivity index (χ1v) is 7.35. The number of primary amides is 1. The highest BCUT2D eigenvalue weighted by atomic mass is 16.5. The second-order valence-electron chi connectivity index (χ2n) is 5.28. The van der Waals surface area contributed by atoms with Crippen molar-refractivity contribution in [3.63, 3.8) is 0 Å². The fourth-order valence-electron chi connectivity index (χ4n) is 2.33. The number of unbranched alkanes of at least 4 members (excludes halogenated alkanes) is 4. The van der Waals surface area contributed by atoms with E-state index in [0.29, 0.717) is 12.0 Å². The number of nitrogens with two attached hydrogens (primary N) is 1. The summed E-state index contributed by atoms with van der Waals surface area (Å²) in [6.07, 6.45) is 5.27. The summed E-state index contributed by atoms with van der Waals surface area (Å²) < 4.78 is 5.00. The lowest BCUT2D eigenvalue weighted by atomic mass is 9.87. The van der Waals surface area contributed by atoms with Crippen LogP contribution in [-0.2, 0) is 10.4 Å². The molecule has 0 aliphatic rings. The van der Waals surface area contributed by atoms with Crippen LogP contribution in [0.5, 0.6) is 11.5 Å². The number of carbonyl (C=O) groups is 1. The summed E-state index contributed by atoms with van der Waals surface area (Å²) in [5, 5.41) is 20.2. The summed E-state index contributed by atoms with van der Waals surface area (Å²) >= 11 is 0. The Morgan fingerprint density at radius 3 is 2.52 bits per heavy atom. The fourth-order valence-corrected chi connectivity index (χ4v) is 2.33. The van der Waals surface area contributed by atoms with Crippen molar-refractivity contribution in [1.29, 1.82) is 0 Å². The maximum atomic E-state index is 11.7. The smallest absolute Gasteiger partial charge is 0.254 e. The number of methoxy groups -OCH3 is 1. The van der Waals surface area contributed by atoms with Gasteiger partial charge in [-0.2, -0.15) is 0 Å². The Bertz CT molecular complexity index is 475. The Hall–Kier alpha value is -1.75. The average molecular weight is 295 g/mol. The molecule has 5 nitrogen and oxygen atoms in total. The number of rotatable bonds is 9. The van der Waals surface area contributed by atoms with E-state index >= 15 is 0 Å². The Morgan fingerprint density at radius 1 is 1.29 bits per heavy atom. The molecule has 0 spiro atoms. The molecule has 1 aromatic carbocycles. The molecule has 1 amide bonds. The third-order valence-corrected chi connectivity index (χ3v) is 3.71. The zero-order valence-electron chi connectivity index (χ0n) is 12.8. The van der Waals surface area contributed by atoms with Crippen LogP contribution in [0, 0.1) is 0 Å². The van der Waals surface area contributed by atoms with Gasteiger partial charge in [-0.1, -0.05) is 38.7 Å². The number of aliphatic hydroxyl groups is 1. The maximum Gasteiger partial charge on any atom is 0.254 e. The molecular weight excluding hydrogens is 270 g/mol. The molecular formula is C16H25NO4. The fraction of sp³-hybridized carbons (Fsp3) is 0.562. The van der Waals surface area contributed by atoms with E-state index in [1.54, 1.807) is 0 Å². The van der Waals surface area contributed by atoms with Crippen molar-refractivity contribution >= 4 is 5.91 Å². The lowest BCUT2D eigenvalue weighted by molar-refractivity contribution is -0.138. The van der Waals surface area contributed by atoms with Crippen molar-refractivity contribution in [2.45, 2.75) is 51.0 Å². The molecule has 0 aliphatic heterocycles. The van der Waals surface area contributed by atoms with Crippen LogP contribution in [0.1, 0.15) is 51.0 Å². The van der Waals surface area contributed by atoms with Gasteiger partial charge in [-0.3, -0.25) is 4.79 Å². The number of hydrogen-bond acceptors (Lipinski definition) is 4. The summed E-state index contributed by atoms with van der Waals surface area (Å²) in [5.74, 6) is -0.625. The van der Waals surface area contributed by atoms with Crippen LogP contribution in [0.25, 0.3) is 0 Å². The minimum absolute atomic E-state index is 0.0454. The maximum absolute atomic E-state index is 11.7. The lowest BCUT2D eigenvalue weighted by Gasteiger charge is -2.25. The number of phenols is 1. The number of carbonyl (C=O) groups excluding carboxylic acids is 1. The van der Waals surface area contributed by atoms with Gasteiger partial charge in [0.15, 0.2) is 17.1 Å². The second-order valence-corrected chi connectivity index (χ2v) is 5.28. The molecule has 0 aliphatic carbocycles. The number of hydrogen-bond donors (Lipinski definition) is 3. The Labute approximate surface area is 125 Å². The lowest BCUT2D eigenvalue weighted by Crippen LogP contribution is -2.41. The van der Waals surface area contributed by atoms with E-state index in [-0.39, 0.29) is 17.9 Å². The van der Waals surface area contributed by atoms with E-state index in [4.69, 9.17) is 10.5 Å². The molecule has 0 saturated heterocycles. The van der Waals surface area contributed by atoms with Gasteiger partial charge in [0.25, 0.3) is 5.91 Å². The molecule has 0 fully saturated rings. The zero-order valence-corrected chi connectivity index (χ0v) is 12.8. The van der Waals surface area contributed by atoms with Gasteiger partial charge in [-0.25, -0.2) is 0 Å². The predicted molar refractivity (Wildman–Crippen MR) is 81.1 cm³/mol. The van der Waals surface area contributed by atoms with E-state index in [9.17, 15) is 15.0 Å². The third-order valence-electron chi connectivity index (χ3n) is 3.71. The number of aromatic hydroxyl groups is 1. The highest BCUT2D eigenvalue weighted by molar-refractivity contribution is 5.84. The summed E-state index contributed by atoms with van der Waals surface area (Å²) in [7, 11) is 1.41. The monoisotopic (exact) mass is 295 g/mol. The molecule has 1 aromatic rings. The highest BCUT2D eigenvalue weighted by Gasteiger charge is 2.36. The standard InChI is InChI=1S/C16H25NO4/c1-3-4-5-6-7-10-16(20,15(17)19)12-8-9-13(18)14(11-12)21-2/h8-9,11,18,20H,3-7,10H2,1-2H3,(H2,17,19). The van der Waals surface area contributed by atoms with Gasteiger partial charge in [0.05, 0.1) is 7.11 Å². The first kappa shape index (κ1) is 17.3. The number of ether oxygens (including phenoxy) is 1. The second kappa shape index (κ2) is 7.88. The van der Waals surface area contributed by atoms with Crippen molar-refractivity contribution < 1.29 is 19.7 Å². The predicted octanol–water partition coefficient (Wildman–Crippen LogP) is 2.43. The van der Waals surface area contributed by atoms with Crippen LogP contribution >= 0.6 is 0 Å².